The third-order valence-corrected chi connectivity index (χ3v) is 3.34. The molecule has 0 aromatic heterocycles. The molecule has 1 atom stereocenters. The van der Waals surface area contributed by atoms with Crippen LogP contribution < -0.4 is 4.74 Å². The molecule has 0 fully saturated rings. The Bertz CT molecular complexity index is 561. The second kappa shape index (κ2) is 5.36. The van der Waals surface area contributed by atoms with Crippen LogP contribution in [0.3, 0.4) is 0 Å². The molecule has 1 aromatic rings. The summed E-state index contributed by atoms with van der Waals surface area (Å²) in [5.74, 6) is -0.687. The fourth-order valence-electron chi connectivity index (χ4n) is 1.96. The van der Waals surface area contributed by atoms with E-state index in [-0.39, 0.29) is 12.2 Å². The van der Waals surface area contributed by atoms with Gasteiger partial charge in [-0.25, -0.2) is 9.59 Å². The van der Waals surface area contributed by atoms with Gasteiger partial charge in [0.15, 0.2) is 5.60 Å². The lowest BCUT2D eigenvalue weighted by molar-refractivity contribution is -0.150. The third kappa shape index (κ3) is 2.52. The van der Waals surface area contributed by atoms with Gasteiger partial charge in [-0.05, 0) is 31.6 Å². The van der Waals surface area contributed by atoms with Crippen LogP contribution in [0, 0.1) is 0 Å². The van der Waals surface area contributed by atoms with Crippen LogP contribution in [0.1, 0.15) is 13.8 Å². The summed E-state index contributed by atoms with van der Waals surface area (Å²) in [7, 11) is 1.23. The number of cyclic esters (lactones) is 1. The average Bonchev–Trinajstić information content (AvgIpc) is 2.68. The maximum atomic E-state index is 11.8. The fourth-order valence-corrected chi connectivity index (χ4v) is 1.96. The first-order chi connectivity index (χ1) is 9.48. The van der Waals surface area contributed by atoms with Gasteiger partial charge in [-0.3, -0.25) is 0 Å². The first-order valence-corrected chi connectivity index (χ1v) is 6.19. The molecule has 0 N–H and O–H groups in total. The van der Waals surface area contributed by atoms with E-state index in [2.05, 4.69) is 4.74 Å². The SMILES string of the molecule is COC(=O)C1=C(C)C(C)(COc2ccccc2)OC1=O. The summed E-state index contributed by atoms with van der Waals surface area (Å²) in [6.07, 6.45) is 0. The first kappa shape index (κ1) is 14.1. The van der Waals surface area contributed by atoms with Gasteiger partial charge in [-0.1, -0.05) is 18.2 Å². The summed E-state index contributed by atoms with van der Waals surface area (Å²) in [6, 6.07) is 9.19. The van der Waals surface area contributed by atoms with E-state index in [1.165, 1.54) is 7.11 Å². The monoisotopic (exact) mass is 276 g/mol. The highest BCUT2D eigenvalue weighted by atomic mass is 16.6. The largest absolute Gasteiger partial charge is 0.489 e. The van der Waals surface area contributed by atoms with Gasteiger partial charge in [-0.2, -0.15) is 0 Å². The molecule has 5 heteroatoms. The maximum Gasteiger partial charge on any atom is 0.346 e. The molecule has 0 saturated carbocycles. The summed E-state index contributed by atoms with van der Waals surface area (Å²) < 4.78 is 15.5. The Balaban J connectivity index is 2.17. The van der Waals surface area contributed by atoms with Crippen LogP contribution in [0.25, 0.3) is 0 Å². The van der Waals surface area contributed by atoms with Gasteiger partial charge in [0.25, 0.3) is 0 Å². The van der Waals surface area contributed by atoms with Crippen LogP contribution in [0.15, 0.2) is 41.5 Å². The fraction of sp³-hybridized carbons (Fsp3) is 0.333. The lowest BCUT2D eigenvalue weighted by atomic mass is 9.96. The lowest BCUT2D eigenvalue weighted by Crippen LogP contribution is -2.34. The second-order valence-electron chi connectivity index (χ2n) is 4.71. The number of hydrogen-bond donors (Lipinski definition) is 0. The van der Waals surface area contributed by atoms with Crippen molar-refractivity contribution in [2.45, 2.75) is 19.4 Å². The van der Waals surface area contributed by atoms with Crippen LogP contribution in [0.5, 0.6) is 5.75 Å². The van der Waals surface area contributed by atoms with E-state index < -0.39 is 17.5 Å². The van der Waals surface area contributed by atoms with Crippen molar-refractivity contribution in [3.05, 3.63) is 41.5 Å². The number of carbonyl (C=O) groups is 2. The van der Waals surface area contributed by atoms with Crippen molar-refractivity contribution >= 4 is 11.9 Å². The number of benzene rings is 1. The molecule has 2 rings (SSSR count). The molecule has 1 unspecified atom stereocenters. The highest BCUT2D eigenvalue weighted by Crippen LogP contribution is 2.33. The predicted octanol–water partition coefficient (Wildman–Crippen LogP) is 1.87. The van der Waals surface area contributed by atoms with E-state index in [9.17, 15) is 9.59 Å². The van der Waals surface area contributed by atoms with Crippen molar-refractivity contribution < 1.29 is 23.8 Å². The lowest BCUT2D eigenvalue weighted by Gasteiger charge is -2.24. The molecule has 1 heterocycles. The molecule has 20 heavy (non-hydrogen) atoms. The Hall–Kier alpha value is -2.30. The number of rotatable bonds is 4. The molecule has 0 amide bonds. The molecule has 0 radical (unpaired) electrons. The van der Waals surface area contributed by atoms with Crippen molar-refractivity contribution in [2.75, 3.05) is 13.7 Å². The number of carbonyl (C=O) groups excluding carboxylic acids is 2. The molecular formula is C15H16O5. The normalized spacial score (nSPS) is 21.6. The molecule has 106 valence electrons. The minimum atomic E-state index is -0.962. The number of para-hydroxylation sites is 1. The van der Waals surface area contributed by atoms with Gasteiger partial charge in [0, 0.05) is 0 Å². The van der Waals surface area contributed by atoms with E-state index >= 15 is 0 Å². The number of hydrogen-bond acceptors (Lipinski definition) is 5. The average molecular weight is 276 g/mol. The van der Waals surface area contributed by atoms with Crippen LogP contribution in [0.4, 0.5) is 0 Å². The minimum absolute atomic E-state index is 0.0494. The molecule has 1 aliphatic rings. The number of methoxy groups -OCH3 is 1. The number of ether oxygens (including phenoxy) is 3. The molecule has 0 spiro atoms. The highest BCUT2D eigenvalue weighted by molar-refractivity contribution is 6.16. The summed E-state index contributed by atoms with van der Waals surface area (Å²) in [6.45, 7) is 3.51. The van der Waals surface area contributed by atoms with Crippen molar-refractivity contribution in [3.63, 3.8) is 0 Å². The summed E-state index contributed by atoms with van der Waals surface area (Å²) >= 11 is 0. The van der Waals surface area contributed by atoms with Gasteiger partial charge >= 0.3 is 11.9 Å². The maximum absolute atomic E-state index is 11.8. The van der Waals surface area contributed by atoms with Crippen LogP contribution in [-0.2, 0) is 19.1 Å². The summed E-state index contributed by atoms with van der Waals surface area (Å²) in [5, 5.41) is 0. The molecule has 0 saturated heterocycles. The van der Waals surface area contributed by atoms with Crippen molar-refractivity contribution in [3.8, 4) is 5.75 Å². The van der Waals surface area contributed by atoms with E-state index in [1.807, 2.05) is 18.2 Å². The Kier molecular flexibility index (Phi) is 3.79. The quantitative estimate of drug-likeness (QED) is 0.620. The van der Waals surface area contributed by atoms with E-state index in [0.29, 0.717) is 11.3 Å². The zero-order valence-corrected chi connectivity index (χ0v) is 11.6. The van der Waals surface area contributed by atoms with Crippen molar-refractivity contribution in [2.24, 2.45) is 0 Å². The third-order valence-electron chi connectivity index (χ3n) is 3.34. The summed E-state index contributed by atoms with van der Waals surface area (Å²) in [5.41, 5.74) is -0.492. The Labute approximate surface area is 117 Å². The van der Waals surface area contributed by atoms with E-state index in [4.69, 9.17) is 9.47 Å². The highest BCUT2D eigenvalue weighted by Gasteiger charge is 2.45. The van der Waals surface area contributed by atoms with E-state index in [0.717, 1.165) is 0 Å². The van der Waals surface area contributed by atoms with Crippen LogP contribution in [0.2, 0.25) is 0 Å². The molecule has 5 nitrogen and oxygen atoms in total. The van der Waals surface area contributed by atoms with Gasteiger partial charge in [0.05, 0.1) is 7.11 Å². The topological polar surface area (TPSA) is 61.8 Å². The predicted molar refractivity (Wildman–Crippen MR) is 71.2 cm³/mol. The van der Waals surface area contributed by atoms with Gasteiger partial charge in [0.1, 0.15) is 17.9 Å². The minimum Gasteiger partial charge on any atom is -0.489 e. The Morgan fingerprint density at radius 3 is 2.55 bits per heavy atom. The van der Waals surface area contributed by atoms with Crippen molar-refractivity contribution in [1.29, 1.82) is 0 Å². The summed E-state index contributed by atoms with van der Waals surface area (Å²) in [4.78, 5) is 23.4. The molecule has 1 aromatic carbocycles. The van der Waals surface area contributed by atoms with Gasteiger partial charge in [-0.15, -0.1) is 0 Å². The van der Waals surface area contributed by atoms with Crippen molar-refractivity contribution in [1.82, 2.24) is 0 Å². The molecule has 0 aliphatic carbocycles. The Morgan fingerprint density at radius 1 is 1.30 bits per heavy atom. The smallest absolute Gasteiger partial charge is 0.346 e. The first-order valence-electron chi connectivity index (χ1n) is 6.19. The van der Waals surface area contributed by atoms with Crippen LogP contribution in [-0.4, -0.2) is 31.3 Å². The second-order valence-corrected chi connectivity index (χ2v) is 4.71. The van der Waals surface area contributed by atoms with E-state index in [1.54, 1.807) is 26.0 Å². The van der Waals surface area contributed by atoms with Gasteiger partial charge < -0.3 is 14.2 Å². The standard InChI is InChI=1S/C15H16O5/c1-10-12(13(16)18-3)14(17)20-15(10,2)9-19-11-7-5-4-6-8-11/h4-8H,9H2,1-3H3. The Morgan fingerprint density at radius 2 is 1.95 bits per heavy atom. The zero-order valence-electron chi connectivity index (χ0n) is 11.6. The molecular weight excluding hydrogens is 260 g/mol. The molecule has 0 bridgehead atoms. The zero-order chi connectivity index (χ0) is 14.8. The van der Waals surface area contributed by atoms with Gasteiger partial charge in [0.2, 0.25) is 0 Å². The van der Waals surface area contributed by atoms with Crippen LogP contribution >= 0.6 is 0 Å². The number of esters is 2. The molecule has 1 aliphatic heterocycles.